The zero-order chi connectivity index (χ0) is 36.3. The minimum Gasteiger partial charge on any atom is -0.465 e. The maximum absolute atomic E-state index is 12.9. The topological polar surface area (TPSA) is 52.6 Å². The standard InChI is InChI=1S/C44H86O4S/c1-7-9-11-13-15-17-19-21-23-25-27-29-31-33-35-37-39-47-41(45)43(3,4)49-44(5,6)42(46)48-40-38-36-34-32-30-28-26-24-22-20-18-16-14-12-10-8-2/h7-40H2,1-6H3. The van der Waals surface area contributed by atoms with Gasteiger partial charge in [-0.1, -0.05) is 206 Å². The van der Waals surface area contributed by atoms with Crippen molar-refractivity contribution in [3.05, 3.63) is 0 Å². The summed E-state index contributed by atoms with van der Waals surface area (Å²) in [7, 11) is 0. The highest BCUT2D eigenvalue weighted by Gasteiger charge is 2.41. The lowest BCUT2D eigenvalue weighted by molar-refractivity contribution is -0.146. The van der Waals surface area contributed by atoms with Gasteiger partial charge in [0.05, 0.1) is 13.2 Å². The molecule has 0 atom stereocenters. The molecule has 0 unspecified atom stereocenters. The number of carbonyl (C=O) groups excluding carboxylic acids is 2. The van der Waals surface area contributed by atoms with Gasteiger partial charge in [-0.15, -0.1) is 11.8 Å². The number of hydrogen-bond donors (Lipinski definition) is 0. The van der Waals surface area contributed by atoms with Gasteiger partial charge in [0.15, 0.2) is 0 Å². The molecular formula is C44H86O4S. The zero-order valence-corrected chi connectivity index (χ0v) is 34.9. The Balaban J connectivity index is 3.73. The van der Waals surface area contributed by atoms with Crippen molar-refractivity contribution in [3.8, 4) is 0 Å². The van der Waals surface area contributed by atoms with Gasteiger partial charge in [0.2, 0.25) is 0 Å². The molecular weight excluding hydrogens is 625 g/mol. The first-order valence-corrected chi connectivity index (χ1v) is 22.5. The van der Waals surface area contributed by atoms with Crippen LogP contribution in [0.2, 0.25) is 0 Å². The van der Waals surface area contributed by atoms with E-state index < -0.39 is 9.49 Å². The second kappa shape index (κ2) is 34.4. The second-order valence-corrected chi connectivity index (χ2v) is 18.2. The van der Waals surface area contributed by atoms with E-state index in [1.165, 1.54) is 192 Å². The molecule has 0 aliphatic rings. The fourth-order valence-electron chi connectivity index (χ4n) is 6.70. The molecule has 5 heteroatoms. The number of esters is 2. The van der Waals surface area contributed by atoms with Gasteiger partial charge < -0.3 is 9.47 Å². The van der Waals surface area contributed by atoms with Crippen molar-refractivity contribution in [3.63, 3.8) is 0 Å². The Morgan fingerprint density at radius 3 is 0.735 bits per heavy atom. The molecule has 0 saturated carbocycles. The van der Waals surface area contributed by atoms with Crippen molar-refractivity contribution in [2.75, 3.05) is 13.2 Å². The third-order valence-electron chi connectivity index (χ3n) is 9.96. The smallest absolute Gasteiger partial charge is 0.321 e. The SMILES string of the molecule is CCCCCCCCCCCCCCCCCCOC(=O)C(C)(C)SC(C)(C)C(=O)OCCCCCCCCCCCCCCCCCC. The number of thioether (sulfide) groups is 1. The van der Waals surface area contributed by atoms with Gasteiger partial charge in [-0.3, -0.25) is 9.59 Å². The van der Waals surface area contributed by atoms with E-state index in [0.29, 0.717) is 13.2 Å². The first-order chi connectivity index (χ1) is 23.7. The Morgan fingerprint density at radius 1 is 0.347 bits per heavy atom. The Bertz CT molecular complexity index is 674. The molecule has 0 aromatic rings. The van der Waals surface area contributed by atoms with E-state index in [4.69, 9.17) is 9.47 Å². The Morgan fingerprint density at radius 2 is 0.531 bits per heavy atom. The van der Waals surface area contributed by atoms with Gasteiger partial charge in [-0.25, -0.2) is 0 Å². The van der Waals surface area contributed by atoms with Crippen LogP contribution in [0.4, 0.5) is 0 Å². The van der Waals surface area contributed by atoms with Crippen molar-refractivity contribution in [1.29, 1.82) is 0 Å². The lowest BCUT2D eigenvalue weighted by atomic mass is 10.0. The van der Waals surface area contributed by atoms with E-state index in [2.05, 4.69) is 13.8 Å². The van der Waals surface area contributed by atoms with Gasteiger partial charge in [-0.2, -0.15) is 0 Å². The van der Waals surface area contributed by atoms with Crippen LogP contribution in [0.25, 0.3) is 0 Å². The van der Waals surface area contributed by atoms with Gasteiger partial charge in [-0.05, 0) is 40.5 Å². The zero-order valence-electron chi connectivity index (χ0n) is 34.1. The fourth-order valence-corrected chi connectivity index (χ4v) is 8.26. The van der Waals surface area contributed by atoms with Crippen molar-refractivity contribution in [1.82, 2.24) is 0 Å². The van der Waals surface area contributed by atoms with Crippen LogP contribution in [-0.2, 0) is 19.1 Å². The highest BCUT2D eigenvalue weighted by atomic mass is 32.2. The van der Waals surface area contributed by atoms with E-state index in [9.17, 15) is 9.59 Å². The molecule has 0 N–H and O–H groups in total. The van der Waals surface area contributed by atoms with Crippen LogP contribution < -0.4 is 0 Å². The molecule has 0 aliphatic heterocycles. The molecule has 0 spiro atoms. The summed E-state index contributed by atoms with van der Waals surface area (Å²) in [6.07, 6.45) is 42.5. The lowest BCUT2D eigenvalue weighted by Gasteiger charge is -2.31. The Labute approximate surface area is 311 Å². The molecule has 0 aromatic carbocycles. The molecule has 0 radical (unpaired) electrons. The second-order valence-electron chi connectivity index (χ2n) is 16.0. The number of ether oxygens (including phenoxy) is 2. The van der Waals surface area contributed by atoms with E-state index in [-0.39, 0.29) is 11.9 Å². The summed E-state index contributed by atoms with van der Waals surface area (Å²) in [5.74, 6) is -0.478. The summed E-state index contributed by atoms with van der Waals surface area (Å²) in [5.41, 5.74) is 0. The predicted molar refractivity (Wildman–Crippen MR) is 217 cm³/mol. The van der Waals surface area contributed by atoms with Crippen LogP contribution >= 0.6 is 11.8 Å². The summed E-state index contributed by atoms with van der Waals surface area (Å²) < 4.78 is 9.67. The normalized spacial score (nSPS) is 12.0. The first kappa shape index (κ1) is 48.3. The van der Waals surface area contributed by atoms with Crippen LogP contribution in [-0.4, -0.2) is 34.6 Å². The molecule has 49 heavy (non-hydrogen) atoms. The quantitative estimate of drug-likeness (QED) is 0.0471. The molecule has 0 rings (SSSR count). The van der Waals surface area contributed by atoms with Crippen LogP contribution in [0.15, 0.2) is 0 Å². The van der Waals surface area contributed by atoms with Crippen LogP contribution in [0.1, 0.15) is 247 Å². The van der Waals surface area contributed by atoms with Crippen LogP contribution in [0, 0.1) is 0 Å². The minimum absolute atomic E-state index is 0.239. The summed E-state index contributed by atoms with van der Waals surface area (Å²) in [4.78, 5) is 25.7. The number of rotatable bonds is 38. The molecule has 0 bridgehead atoms. The van der Waals surface area contributed by atoms with Crippen molar-refractivity contribution in [2.45, 2.75) is 257 Å². The van der Waals surface area contributed by atoms with E-state index in [1.807, 2.05) is 27.7 Å². The average molecular weight is 711 g/mol. The van der Waals surface area contributed by atoms with Gasteiger partial charge in [0.25, 0.3) is 0 Å². The summed E-state index contributed by atoms with van der Waals surface area (Å²) in [6, 6.07) is 0. The fraction of sp³-hybridized carbons (Fsp3) is 0.955. The van der Waals surface area contributed by atoms with Crippen LogP contribution in [0.3, 0.4) is 0 Å². The van der Waals surface area contributed by atoms with Gasteiger partial charge >= 0.3 is 11.9 Å². The van der Waals surface area contributed by atoms with Crippen LogP contribution in [0.5, 0.6) is 0 Å². The van der Waals surface area contributed by atoms with Crippen molar-refractivity contribution >= 4 is 23.7 Å². The highest BCUT2D eigenvalue weighted by molar-refractivity contribution is 8.03. The Kier molecular flexibility index (Phi) is 33.9. The molecule has 292 valence electrons. The molecule has 0 amide bonds. The average Bonchev–Trinajstić information content (AvgIpc) is 3.06. The molecule has 4 nitrogen and oxygen atoms in total. The van der Waals surface area contributed by atoms with E-state index in [0.717, 1.165) is 25.7 Å². The summed E-state index contributed by atoms with van der Waals surface area (Å²) in [6.45, 7) is 12.9. The maximum atomic E-state index is 12.9. The number of unbranched alkanes of at least 4 members (excludes halogenated alkanes) is 30. The van der Waals surface area contributed by atoms with Gasteiger partial charge in [0.1, 0.15) is 9.49 Å². The van der Waals surface area contributed by atoms with Gasteiger partial charge in [0, 0.05) is 0 Å². The largest absolute Gasteiger partial charge is 0.465 e. The summed E-state index contributed by atoms with van der Waals surface area (Å²) in [5, 5.41) is 0. The first-order valence-electron chi connectivity index (χ1n) is 21.7. The van der Waals surface area contributed by atoms with E-state index in [1.54, 1.807) is 0 Å². The third kappa shape index (κ3) is 31.7. The van der Waals surface area contributed by atoms with Crippen molar-refractivity contribution < 1.29 is 19.1 Å². The molecule has 0 saturated heterocycles. The molecule has 0 fully saturated rings. The summed E-state index contributed by atoms with van der Waals surface area (Å²) >= 11 is 1.35. The molecule has 0 aromatic heterocycles. The predicted octanol–water partition coefficient (Wildman–Crippen LogP) is 14.9. The third-order valence-corrected chi connectivity index (χ3v) is 11.3. The number of hydrogen-bond acceptors (Lipinski definition) is 5. The molecule has 0 aliphatic carbocycles. The maximum Gasteiger partial charge on any atom is 0.321 e. The van der Waals surface area contributed by atoms with E-state index >= 15 is 0 Å². The van der Waals surface area contributed by atoms with Crippen molar-refractivity contribution in [2.24, 2.45) is 0 Å². The minimum atomic E-state index is -0.800. The lowest BCUT2D eigenvalue weighted by Crippen LogP contribution is -2.40. The highest BCUT2D eigenvalue weighted by Crippen LogP contribution is 2.38. The molecule has 0 heterocycles. The number of carbonyl (C=O) groups is 2. The monoisotopic (exact) mass is 711 g/mol. The Hall–Kier alpha value is -0.710.